The summed E-state index contributed by atoms with van der Waals surface area (Å²) in [5.41, 5.74) is 1.27. The number of esters is 1. The molecule has 0 atom stereocenters. The molecular formula is C19H19ClN2O4. The van der Waals surface area contributed by atoms with Crippen molar-refractivity contribution in [3.63, 3.8) is 0 Å². The van der Waals surface area contributed by atoms with Crippen LogP contribution in [-0.2, 0) is 19.1 Å². The zero-order chi connectivity index (χ0) is 18.8. The van der Waals surface area contributed by atoms with E-state index in [1.807, 2.05) is 18.2 Å². The number of nitrogens with one attached hydrogen (secondary N) is 2. The SMILES string of the molecule is O=C(CCCC(=O)OCC(=O)Nc1ccc(Cl)cc1)Nc1ccccc1. The molecule has 0 aliphatic rings. The van der Waals surface area contributed by atoms with Gasteiger partial charge in [-0.3, -0.25) is 14.4 Å². The highest BCUT2D eigenvalue weighted by Gasteiger charge is 2.09. The maximum absolute atomic E-state index is 11.8. The summed E-state index contributed by atoms with van der Waals surface area (Å²) >= 11 is 5.76. The predicted octanol–water partition coefficient (Wildman–Crippen LogP) is 3.63. The van der Waals surface area contributed by atoms with Crippen LogP contribution in [-0.4, -0.2) is 24.4 Å². The summed E-state index contributed by atoms with van der Waals surface area (Å²) in [6, 6.07) is 15.6. The molecule has 0 saturated heterocycles. The van der Waals surface area contributed by atoms with Crippen molar-refractivity contribution in [2.24, 2.45) is 0 Å². The lowest BCUT2D eigenvalue weighted by molar-refractivity contribution is -0.147. The fraction of sp³-hybridized carbons (Fsp3) is 0.211. The molecule has 2 aromatic carbocycles. The van der Waals surface area contributed by atoms with E-state index in [9.17, 15) is 14.4 Å². The third-order valence-electron chi connectivity index (χ3n) is 3.33. The topological polar surface area (TPSA) is 84.5 Å². The number of hydrogen-bond acceptors (Lipinski definition) is 4. The number of carbonyl (C=O) groups is 3. The van der Waals surface area contributed by atoms with Crippen LogP contribution in [0.15, 0.2) is 54.6 Å². The zero-order valence-electron chi connectivity index (χ0n) is 14.0. The van der Waals surface area contributed by atoms with E-state index in [4.69, 9.17) is 16.3 Å². The highest BCUT2D eigenvalue weighted by Crippen LogP contribution is 2.13. The fourth-order valence-electron chi connectivity index (χ4n) is 2.09. The van der Waals surface area contributed by atoms with Gasteiger partial charge >= 0.3 is 5.97 Å². The second kappa shape index (κ2) is 10.2. The second-order valence-corrected chi connectivity index (χ2v) is 5.92. The van der Waals surface area contributed by atoms with Crippen LogP contribution in [0.2, 0.25) is 5.02 Å². The van der Waals surface area contributed by atoms with Gasteiger partial charge in [0.05, 0.1) is 0 Å². The van der Waals surface area contributed by atoms with Crippen LogP contribution in [0.5, 0.6) is 0 Å². The van der Waals surface area contributed by atoms with Crippen LogP contribution >= 0.6 is 11.6 Å². The Bertz CT molecular complexity index is 748. The Morgan fingerprint density at radius 1 is 0.808 bits per heavy atom. The van der Waals surface area contributed by atoms with Gasteiger partial charge < -0.3 is 15.4 Å². The lowest BCUT2D eigenvalue weighted by atomic mass is 10.2. The zero-order valence-corrected chi connectivity index (χ0v) is 14.8. The second-order valence-electron chi connectivity index (χ2n) is 5.48. The summed E-state index contributed by atoms with van der Waals surface area (Å²) in [4.78, 5) is 35.1. The molecule has 2 aromatic rings. The summed E-state index contributed by atoms with van der Waals surface area (Å²) in [5.74, 6) is -1.14. The molecule has 2 amide bonds. The molecule has 0 fully saturated rings. The molecule has 0 heterocycles. The van der Waals surface area contributed by atoms with E-state index in [-0.39, 0.29) is 25.4 Å². The van der Waals surface area contributed by atoms with Crippen LogP contribution in [0.3, 0.4) is 0 Å². The van der Waals surface area contributed by atoms with E-state index in [0.29, 0.717) is 22.8 Å². The van der Waals surface area contributed by atoms with E-state index < -0.39 is 11.9 Å². The van der Waals surface area contributed by atoms with E-state index in [1.54, 1.807) is 36.4 Å². The molecular weight excluding hydrogens is 356 g/mol. The van der Waals surface area contributed by atoms with Crippen LogP contribution in [0.1, 0.15) is 19.3 Å². The number of hydrogen-bond donors (Lipinski definition) is 2. The molecule has 0 unspecified atom stereocenters. The molecule has 0 spiro atoms. The number of carbonyl (C=O) groups excluding carboxylic acids is 3. The molecule has 0 aromatic heterocycles. The van der Waals surface area contributed by atoms with Gasteiger partial charge in [-0.05, 0) is 42.8 Å². The fourth-order valence-corrected chi connectivity index (χ4v) is 2.21. The molecule has 0 aliphatic carbocycles. The summed E-state index contributed by atoms with van der Waals surface area (Å²) in [7, 11) is 0. The normalized spacial score (nSPS) is 10.0. The molecule has 2 N–H and O–H groups in total. The Kier molecular flexibility index (Phi) is 7.64. The average molecular weight is 375 g/mol. The minimum atomic E-state index is -0.524. The summed E-state index contributed by atoms with van der Waals surface area (Å²) in [6.45, 7) is -0.377. The van der Waals surface area contributed by atoms with E-state index in [0.717, 1.165) is 0 Å². The van der Waals surface area contributed by atoms with Crippen LogP contribution in [0, 0.1) is 0 Å². The molecule has 2 rings (SSSR count). The first-order valence-electron chi connectivity index (χ1n) is 8.09. The van der Waals surface area contributed by atoms with E-state index in [2.05, 4.69) is 10.6 Å². The molecule has 0 saturated carbocycles. The first kappa shape index (κ1) is 19.5. The first-order valence-corrected chi connectivity index (χ1v) is 8.46. The van der Waals surface area contributed by atoms with Crippen molar-refractivity contribution in [1.82, 2.24) is 0 Å². The van der Waals surface area contributed by atoms with Crippen molar-refractivity contribution < 1.29 is 19.1 Å². The van der Waals surface area contributed by atoms with Gasteiger partial charge in [0.25, 0.3) is 5.91 Å². The minimum Gasteiger partial charge on any atom is -0.456 e. The van der Waals surface area contributed by atoms with Gasteiger partial charge in [-0.25, -0.2) is 0 Å². The quantitative estimate of drug-likeness (QED) is 0.691. The Balaban J connectivity index is 1.60. The lowest BCUT2D eigenvalue weighted by Crippen LogP contribution is -2.21. The maximum atomic E-state index is 11.8. The maximum Gasteiger partial charge on any atom is 0.306 e. The van der Waals surface area contributed by atoms with Crippen LogP contribution < -0.4 is 10.6 Å². The number of amides is 2. The number of benzene rings is 2. The molecule has 0 bridgehead atoms. The molecule has 136 valence electrons. The molecule has 0 radical (unpaired) electrons. The third-order valence-corrected chi connectivity index (χ3v) is 3.59. The Labute approximate surface area is 156 Å². The van der Waals surface area contributed by atoms with E-state index in [1.165, 1.54) is 0 Å². The highest BCUT2D eigenvalue weighted by atomic mass is 35.5. The smallest absolute Gasteiger partial charge is 0.306 e. The lowest BCUT2D eigenvalue weighted by Gasteiger charge is -2.07. The van der Waals surface area contributed by atoms with Gasteiger partial charge in [-0.2, -0.15) is 0 Å². The van der Waals surface area contributed by atoms with Gasteiger partial charge in [-0.15, -0.1) is 0 Å². The molecule has 6 nitrogen and oxygen atoms in total. The first-order chi connectivity index (χ1) is 12.5. The summed E-state index contributed by atoms with van der Waals surface area (Å²) < 4.78 is 4.89. The van der Waals surface area contributed by atoms with Crippen molar-refractivity contribution >= 4 is 40.8 Å². The van der Waals surface area contributed by atoms with Crippen molar-refractivity contribution in [3.05, 3.63) is 59.6 Å². The van der Waals surface area contributed by atoms with Gasteiger partial charge in [0.15, 0.2) is 6.61 Å². The number of halogens is 1. The van der Waals surface area contributed by atoms with Crippen molar-refractivity contribution in [2.45, 2.75) is 19.3 Å². The molecule has 7 heteroatoms. The van der Waals surface area contributed by atoms with Crippen LogP contribution in [0.25, 0.3) is 0 Å². The van der Waals surface area contributed by atoms with Crippen LogP contribution in [0.4, 0.5) is 11.4 Å². The number of ether oxygens (including phenoxy) is 1. The molecule has 0 aliphatic heterocycles. The summed E-state index contributed by atoms with van der Waals surface area (Å²) in [6.07, 6.45) is 0.605. The number of anilines is 2. The number of para-hydroxylation sites is 1. The largest absolute Gasteiger partial charge is 0.456 e. The monoisotopic (exact) mass is 374 g/mol. The van der Waals surface area contributed by atoms with Crippen molar-refractivity contribution in [1.29, 1.82) is 0 Å². The van der Waals surface area contributed by atoms with Crippen molar-refractivity contribution in [3.8, 4) is 0 Å². The number of rotatable bonds is 8. The van der Waals surface area contributed by atoms with E-state index >= 15 is 0 Å². The highest BCUT2D eigenvalue weighted by molar-refractivity contribution is 6.30. The summed E-state index contributed by atoms with van der Waals surface area (Å²) in [5, 5.41) is 5.88. The molecule has 26 heavy (non-hydrogen) atoms. The standard InChI is InChI=1S/C19H19ClN2O4/c20-14-9-11-16(12-10-14)22-18(24)13-26-19(25)8-4-7-17(23)21-15-5-2-1-3-6-15/h1-3,5-6,9-12H,4,7-8,13H2,(H,21,23)(H,22,24). The Hall–Kier alpha value is -2.86. The minimum absolute atomic E-state index is 0.0659. The van der Waals surface area contributed by atoms with Crippen molar-refractivity contribution in [2.75, 3.05) is 17.2 Å². The predicted molar refractivity (Wildman–Crippen MR) is 100.0 cm³/mol. The average Bonchev–Trinajstić information content (AvgIpc) is 2.63. The Morgan fingerprint density at radius 2 is 1.42 bits per heavy atom. The van der Waals surface area contributed by atoms with Gasteiger partial charge in [0.1, 0.15) is 0 Å². The third kappa shape index (κ3) is 7.36. The Morgan fingerprint density at radius 3 is 2.12 bits per heavy atom. The van der Waals surface area contributed by atoms with Gasteiger partial charge in [-0.1, -0.05) is 29.8 Å². The van der Waals surface area contributed by atoms with Gasteiger partial charge in [0, 0.05) is 29.2 Å². The van der Waals surface area contributed by atoms with Gasteiger partial charge in [0.2, 0.25) is 5.91 Å².